The smallest absolute Gasteiger partial charge is 0.255 e. The van der Waals surface area contributed by atoms with E-state index < -0.39 is 0 Å². The van der Waals surface area contributed by atoms with Crippen molar-refractivity contribution in [3.05, 3.63) is 63.6 Å². The number of piperidine rings is 1. The van der Waals surface area contributed by atoms with Crippen LogP contribution in [0.1, 0.15) is 34.3 Å². The Balaban J connectivity index is 1.52. The van der Waals surface area contributed by atoms with Crippen molar-refractivity contribution in [1.29, 1.82) is 0 Å². The number of phenolic OH excluding ortho intramolecular Hbond substituents is 1. The Morgan fingerprint density at radius 2 is 1.77 bits per heavy atom. The van der Waals surface area contributed by atoms with Gasteiger partial charge in [0.2, 0.25) is 0 Å². The lowest BCUT2D eigenvalue weighted by Gasteiger charge is -2.29. The molecule has 0 aliphatic carbocycles. The summed E-state index contributed by atoms with van der Waals surface area (Å²) >= 11 is 3.30. The summed E-state index contributed by atoms with van der Waals surface area (Å²) in [6, 6.07) is 12.9. The van der Waals surface area contributed by atoms with Gasteiger partial charge in [-0.25, -0.2) is 0 Å². The molecular formula is C20H23BrN2O3. The van der Waals surface area contributed by atoms with Gasteiger partial charge in [0.25, 0.3) is 5.91 Å². The van der Waals surface area contributed by atoms with Crippen LogP contribution in [-0.4, -0.2) is 40.2 Å². The van der Waals surface area contributed by atoms with Crippen LogP contribution in [0.5, 0.6) is 5.75 Å². The van der Waals surface area contributed by atoms with E-state index in [1.165, 1.54) is 11.6 Å². The van der Waals surface area contributed by atoms with Crippen LogP contribution >= 0.6 is 15.9 Å². The SMILES string of the molecule is O=C(NCc1ccc(CN2CCC(O)CC2)cc1)c1cc(Br)ccc1O. The largest absolute Gasteiger partial charge is 0.507 e. The first kappa shape index (κ1) is 18.9. The molecule has 0 aromatic heterocycles. The van der Waals surface area contributed by atoms with Crippen molar-refractivity contribution in [1.82, 2.24) is 10.2 Å². The van der Waals surface area contributed by atoms with E-state index in [1.54, 1.807) is 12.1 Å². The van der Waals surface area contributed by atoms with Gasteiger partial charge in [-0.1, -0.05) is 40.2 Å². The third kappa shape index (κ3) is 5.06. The lowest BCUT2D eigenvalue weighted by atomic mass is 10.1. The van der Waals surface area contributed by atoms with Crippen molar-refractivity contribution in [2.45, 2.75) is 32.0 Å². The quantitative estimate of drug-likeness (QED) is 0.697. The van der Waals surface area contributed by atoms with Gasteiger partial charge in [-0.05, 0) is 42.2 Å². The fourth-order valence-electron chi connectivity index (χ4n) is 3.07. The highest BCUT2D eigenvalue weighted by Gasteiger charge is 2.17. The number of nitrogens with zero attached hydrogens (tertiary/aromatic N) is 1. The van der Waals surface area contributed by atoms with Crippen LogP contribution < -0.4 is 5.32 Å². The molecule has 0 unspecified atom stereocenters. The Morgan fingerprint density at radius 1 is 1.12 bits per heavy atom. The van der Waals surface area contributed by atoms with Crippen LogP contribution in [-0.2, 0) is 13.1 Å². The van der Waals surface area contributed by atoms with E-state index in [-0.39, 0.29) is 23.3 Å². The maximum Gasteiger partial charge on any atom is 0.255 e. The monoisotopic (exact) mass is 418 g/mol. The number of aromatic hydroxyl groups is 1. The van der Waals surface area contributed by atoms with Crippen molar-refractivity contribution >= 4 is 21.8 Å². The number of aliphatic hydroxyl groups is 1. The number of halogens is 1. The van der Waals surface area contributed by atoms with Crippen molar-refractivity contribution < 1.29 is 15.0 Å². The Bertz CT molecular complexity index is 756. The van der Waals surface area contributed by atoms with E-state index >= 15 is 0 Å². The Kier molecular flexibility index (Phi) is 6.29. The highest BCUT2D eigenvalue weighted by molar-refractivity contribution is 9.10. The molecular weight excluding hydrogens is 396 g/mol. The Labute approximate surface area is 161 Å². The first-order valence-electron chi connectivity index (χ1n) is 8.76. The molecule has 1 aliphatic rings. The van der Waals surface area contributed by atoms with Gasteiger partial charge in [0, 0.05) is 30.7 Å². The number of benzene rings is 2. The summed E-state index contributed by atoms with van der Waals surface area (Å²) in [6.07, 6.45) is 1.53. The minimum absolute atomic E-state index is 0.0345. The van der Waals surface area contributed by atoms with Gasteiger partial charge in [0.15, 0.2) is 0 Å². The number of hydrogen-bond donors (Lipinski definition) is 3. The highest BCUT2D eigenvalue weighted by Crippen LogP contribution is 2.22. The van der Waals surface area contributed by atoms with Gasteiger partial charge in [-0.2, -0.15) is 0 Å². The number of amides is 1. The normalized spacial score (nSPS) is 15.8. The predicted molar refractivity (Wildman–Crippen MR) is 104 cm³/mol. The maximum absolute atomic E-state index is 12.2. The van der Waals surface area contributed by atoms with Crippen molar-refractivity contribution in [3.63, 3.8) is 0 Å². The summed E-state index contributed by atoms with van der Waals surface area (Å²) in [4.78, 5) is 14.6. The van der Waals surface area contributed by atoms with Gasteiger partial charge in [0.1, 0.15) is 5.75 Å². The zero-order valence-corrected chi connectivity index (χ0v) is 16.1. The number of nitrogens with one attached hydrogen (secondary N) is 1. The molecule has 6 heteroatoms. The number of hydrogen-bond acceptors (Lipinski definition) is 4. The van der Waals surface area contributed by atoms with Gasteiger partial charge in [0.05, 0.1) is 11.7 Å². The minimum atomic E-state index is -0.306. The van der Waals surface area contributed by atoms with Crippen molar-refractivity contribution in [2.75, 3.05) is 13.1 Å². The number of carbonyl (C=O) groups excluding carboxylic acids is 1. The molecule has 0 bridgehead atoms. The number of aliphatic hydroxyl groups excluding tert-OH is 1. The summed E-state index contributed by atoms with van der Waals surface area (Å²) < 4.78 is 0.745. The van der Waals surface area contributed by atoms with Crippen LogP contribution in [0.3, 0.4) is 0 Å². The Morgan fingerprint density at radius 3 is 2.46 bits per heavy atom. The molecule has 0 atom stereocenters. The average molecular weight is 419 g/mol. The lowest BCUT2D eigenvalue weighted by Crippen LogP contribution is -2.35. The molecule has 1 aliphatic heterocycles. The molecule has 3 rings (SSSR count). The van der Waals surface area contributed by atoms with Crippen LogP contribution in [0.25, 0.3) is 0 Å². The number of carbonyl (C=O) groups is 1. The molecule has 1 fully saturated rings. The molecule has 5 nitrogen and oxygen atoms in total. The van der Waals surface area contributed by atoms with Crippen LogP contribution in [0.4, 0.5) is 0 Å². The van der Waals surface area contributed by atoms with Crippen molar-refractivity contribution in [3.8, 4) is 5.75 Å². The van der Waals surface area contributed by atoms with E-state index in [1.807, 2.05) is 12.1 Å². The molecule has 2 aromatic carbocycles. The lowest BCUT2D eigenvalue weighted by molar-refractivity contribution is 0.0792. The molecule has 1 saturated heterocycles. The molecule has 0 radical (unpaired) electrons. The first-order chi connectivity index (χ1) is 12.5. The first-order valence-corrected chi connectivity index (χ1v) is 9.55. The van der Waals surface area contributed by atoms with Crippen LogP contribution in [0.2, 0.25) is 0 Å². The fourth-order valence-corrected chi connectivity index (χ4v) is 3.43. The summed E-state index contributed by atoms with van der Waals surface area (Å²) in [5.41, 5.74) is 2.48. The van der Waals surface area contributed by atoms with Gasteiger partial charge < -0.3 is 15.5 Å². The second-order valence-electron chi connectivity index (χ2n) is 6.67. The molecule has 26 heavy (non-hydrogen) atoms. The van der Waals surface area contributed by atoms with Gasteiger partial charge in [-0.3, -0.25) is 9.69 Å². The molecule has 3 N–H and O–H groups in total. The number of phenols is 1. The van der Waals surface area contributed by atoms with E-state index in [0.717, 1.165) is 42.5 Å². The molecule has 138 valence electrons. The van der Waals surface area contributed by atoms with Crippen LogP contribution in [0.15, 0.2) is 46.9 Å². The minimum Gasteiger partial charge on any atom is -0.507 e. The third-order valence-corrected chi connectivity index (χ3v) is 5.14. The fraction of sp³-hybridized carbons (Fsp3) is 0.350. The summed E-state index contributed by atoms with van der Waals surface area (Å²) in [5, 5.41) is 22.2. The third-order valence-electron chi connectivity index (χ3n) is 4.64. The zero-order chi connectivity index (χ0) is 18.5. The molecule has 2 aromatic rings. The topological polar surface area (TPSA) is 72.8 Å². The van der Waals surface area contributed by atoms with E-state index in [2.05, 4.69) is 38.3 Å². The second kappa shape index (κ2) is 8.66. The van der Waals surface area contributed by atoms with Gasteiger partial charge in [-0.15, -0.1) is 0 Å². The van der Waals surface area contributed by atoms with Gasteiger partial charge >= 0.3 is 0 Å². The summed E-state index contributed by atoms with van der Waals surface area (Å²) in [7, 11) is 0. The molecule has 0 saturated carbocycles. The van der Waals surface area contributed by atoms with E-state index in [0.29, 0.717) is 6.54 Å². The van der Waals surface area contributed by atoms with Crippen LogP contribution in [0, 0.1) is 0 Å². The molecule has 1 heterocycles. The van der Waals surface area contributed by atoms with E-state index in [9.17, 15) is 15.0 Å². The highest BCUT2D eigenvalue weighted by atomic mass is 79.9. The summed E-state index contributed by atoms with van der Waals surface area (Å²) in [5.74, 6) is -0.340. The van der Waals surface area contributed by atoms with Crippen molar-refractivity contribution in [2.24, 2.45) is 0 Å². The average Bonchev–Trinajstić information content (AvgIpc) is 2.65. The molecule has 0 spiro atoms. The Hall–Kier alpha value is -1.89. The zero-order valence-electron chi connectivity index (χ0n) is 14.5. The predicted octanol–water partition coefficient (Wildman–Crippen LogP) is 3.04. The summed E-state index contributed by atoms with van der Waals surface area (Å²) in [6.45, 7) is 3.14. The molecule has 1 amide bonds. The maximum atomic E-state index is 12.2. The second-order valence-corrected chi connectivity index (χ2v) is 7.58. The number of rotatable bonds is 5. The van der Waals surface area contributed by atoms with E-state index in [4.69, 9.17) is 0 Å². The number of likely N-dealkylation sites (tertiary alicyclic amines) is 1. The standard InChI is InChI=1S/C20H23BrN2O3/c21-16-5-6-19(25)18(11-16)20(26)22-12-14-1-3-15(4-2-14)13-23-9-7-17(24)8-10-23/h1-6,11,17,24-25H,7-10,12-13H2,(H,22,26).